The van der Waals surface area contributed by atoms with Crippen molar-refractivity contribution in [3.63, 3.8) is 0 Å². The van der Waals surface area contributed by atoms with Crippen LogP contribution in [-0.4, -0.2) is 24.7 Å². The quantitative estimate of drug-likeness (QED) is 0.437. The van der Waals surface area contributed by atoms with E-state index in [4.69, 9.17) is 14.3 Å². The first-order valence-corrected chi connectivity index (χ1v) is 9.29. The second-order valence-corrected chi connectivity index (χ2v) is 6.92. The summed E-state index contributed by atoms with van der Waals surface area (Å²) in [5, 5.41) is 14.5. The zero-order valence-electron chi connectivity index (χ0n) is 16.2. The van der Waals surface area contributed by atoms with Crippen molar-refractivity contribution in [1.29, 1.82) is 0 Å². The van der Waals surface area contributed by atoms with Gasteiger partial charge in [-0.3, -0.25) is 0 Å². The lowest BCUT2D eigenvalue weighted by Gasteiger charge is -2.12. The van der Waals surface area contributed by atoms with Crippen LogP contribution in [0, 0.1) is 0 Å². The normalized spacial score (nSPS) is 11.7. The lowest BCUT2D eigenvalue weighted by molar-refractivity contribution is 0.0697. The number of carboxylic acids is 1. The Morgan fingerprint density at radius 3 is 2.55 bits per heavy atom. The smallest absolute Gasteiger partial charge is 0.335 e. The van der Waals surface area contributed by atoms with Gasteiger partial charge in [-0.1, -0.05) is 42.0 Å². The molecule has 1 heterocycles. The highest BCUT2D eigenvalue weighted by Crippen LogP contribution is 2.36. The zero-order chi connectivity index (χ0) is 20.4. The highest BCUT2D eigenvalue weighted by Gasteiger charge is 2.12. The number of fused-ring (bicyclic) bond motifs is 3. The topological polar surface area (TPSA) is 71.7 Å². The van der Waals surface area contributed by atoms with Crippen molar-refractivity contribution in [3.05, 3.63) is 77.4 Å². The summed E-state index contributed by atoms with van der Waals surface area (Å²) in [6.07, 6.45) is 2.02. The fourth-order valence-corrected chi connectivity index (χ4v) is 3.35. The summed E-state index contributed by atoms with van der Waals surface area (Å²) in [4.78, 5) is 11.0. The van der Waals surface area contributed by atoms with Gasteiger partial charge in [0.25, 0.3) is 0 Å². The van der Waals surface area contributed by atoms with E-state index < -0.39 is 5.97 Å². The summed E-state index contributed by atoms with van der Waals surface area (Å²) in [6, 6.07) is 18.7. The molecule has 0 unspecified atom stereocenters. The molecule has 4 rings (SSSR count). The van der Waals surface area contributed by atoms with Crippen LogP contribution in [-0.2, 0) is 0 Å². The van der Waals surface area contributed by atoms with Gasteiger partial charge in [-0.05, 0) is 36.8 Å². The van der Waals surface area contributed by atoms with Crippen LogP contribution in [0.5, 0.6) is 5.75 Å². The molecule has 0 atom stereocenters. The second kappa shape index (κ2) is 7.72. The van der Waals surface area contributed by atoms with E-state index in [2.05, 4.69) is 5.32 Å². The Hall–Kier alpha value is -3.73. The number of furan rings is 1. The molecule has 3 aromatic carbocycles. The number of carbonyl (C=O) groups is 1. The van der Waals surface area contributed by atoms with E-state index in [1.807, 2.05) is 49.4 Å². The number of benzene rings is 3. The highest BCUT2D eigenvalue weighted by atomic mass is 16.5. The molecule has 0 aliphatic heterocycles. The van der Waals surface area contributed by atoms with Crippen molar-refractivity contribution < 1.29 is 19.1 Å². The molecule has 4 aromatic rings. The molecule has 0 aliphatic rings. The predicted octanol–water partition coefficient (Wildman–Crippen LogP) is 5.81. The first-order chi connectivity index (χ1) is 14.0. The molecule has 29 heavy (non-hydrogen) atoms. The van der Waals surface area contributed by atoms with Crippen LogP contribution in [0.1, 0.15) is 22.8 Å². The molecule has 1 aromatic heterocycles. The average molecular weight is 387 g/mol. The minimum Gasteiger partial charge on any atom is -0.495 e. The Bertz CT molecular complexity index is 1220. The van der Waals surface area contributed by atoms with E-state index >= 15 is 0 Å². The van der Waals surface area contributed by atoms with Crippen molar-refractivity contribution in [2.45, 2.75) is 6.92 Å². The number of carboxylic acid groups (broad SMARTS) is 1. The van der Waals surface area contributed by atoms with Crippen LogP contribution in [0.2, 0.25) is 0 Å². The Balaban J connectivity index is 1.56. The average Bonchev–Trinajstić information content (AvgIpc) is 3.09. The van der Waals surface area contributed by atoms with Gasteiger partial charge < -0.3 is 19.6 Å². The van der Waals surface area contributed by atoms with Crippen LogP contribution in [0.3, 0.4) is 0 Å². The molecule has 146 valence electrons. The predicted molar refractivity (Wildman–Crippen MR) is 116 cm³/mol. The first kappa shape index (κ1) is 18.6. The van der Waals surface area contributed by atoms with Crippen molar-refractivity contribution in [3.8, 4) is 5.75 Å². The SMILES string of the molecule is COc1cc2c(cc1NCC(C)=Cc1ccc(C(=O)O)cc1)oc1ccccc12. The molecule has 2 N–H and O–H groups in total. The molecule has 0 saturated carbocycles. The number of para-hydroxylation sites is 1. The molecular weight excluding hydrogens is 366 g/mol. The van der Waals surface area contributed by atoms with Crippen molar-refractivity contribution in [2.24, 2.45) is 0 Å². The number of ether oxygens (including phenoxy) is 1. The van der Waals surface area contributed by atoms with E-state index in [1.54, 1.807) is 31.4 Å². The van der Waals surface area contributed by atoms with Gasteiger partial charge in [0, 0.05) is 23.4 Å². The van der Waals surface area contributed by atoms with Crippen molar-refractivity contribution >= 4 is 39.7 Å². The maximum Gasteiger partial charge on any atom is 0.335 e. The summed E-state index contributed by atoms with van der Waals surface area (Å²) in [7, 11) is 1.65. The monoisotopic (exact) mass is 387 g/mol. The standard InChI is InChI=1S/C24H21NO4/c1-15(11-16-7-9-17(10-8-16)24(26)27)14-25-20-13-22-19(12-23(20)28-2)18-5-3-4-6-21(18)29-22/h3-13,25H,14H2,1-2H3,(H,26,27). The number of anilines is 1. The summed E-state index contributed by atoms with van der Waals surface area (Å²) >= 11 is 0. The van der Waals surface area contributed by atoms with Crippen molar-refractivity contribution in [2.75, 3.05) is 19.0 Å². The van der Waals surface area contributed by atoms with E-state index in [0.29, 0.717) is 6.54 Å². The lowest BCUT2D eigenvalue weighted by atomic mass is 10.1. The van der Waals surface area contributed by atoms with Gasteiger partial charge >= 0.3 is 5.97 Å². The van der Waals surface area contributed by atoms with Gasteiger partial charge in [0.2, 0.25) is 0 Å². The van der Waals surface area contributed by atoms with E-state index in [1.165, 1.54) is 0 Å². The van der Waals surface area contributed by atoms with E-state index in [-0.39, 0.29) is 5.56 Å². The molecule has 0 amide bonds. The first-order valence-electron chi connectivity index (χ1n) is 9.29. The van der Waals surface area contributed by atoms with Crippen LogP contribution in [0.25, 0.3) is 28.0 Å². The molecule has 0 spiro atoms. The lowest BCUT2D eigenvalue weighted by Crippen LogP contribution is -2.04. The third-order valence-electron chi connectivity index (χ3n) is 4.83. The summed E-state index contributed by atoms with van der Waals surface area (Å²) < 4.78 is 11.5. The van der Waals surface area contributed by atoms with Gasteiger partial charge in [-0.15, -0.1) is 0 Å². The van der Waals surface area contributed by atoms with Crippen LogP contribution >= 0.6 is 0 Å². The third-order valence-corrected chi connectivity index (χ3v) is 4.83. The van der Waals surface area contributed by atoms with Gasteiger partial charge in [0.1, 0.15) is 16.9 Å². The number of rotatable bonds is 6. The molecule has 0 saturated heterocycles. The van der Waals surface area contributed by atoms with Gasteiger partial charge in [-0.25, -0.2) is 4.79 Å². The number of hydrogen-bond acceptors (Lipinski definition) is 4. The fourth-order valence-electron chi connectivity index (χ4n) is 3.35. The van der Waals surface area contributed by atoms with Crippen LogP contribution in [0.4, 0.5) is 5.69 Å². The molecule has 5 nitrogen and oxygen atoms in total. The number of methoxy groups -OCH3 is 1. The second-order valence-electron chi connectivity index (χ2n) is 6.92. The molecule has 0 bridgehead atoms. The minimum atomic E-state index is -0.924. The number of hydrogen-bond donors (Lipinski definition) is 2. The van der Waals surface area contributed by atoms with E-state index in [9.17, 15) is 4.79 Å². The largest absolute Gasteiger partial charge is 0.495 e. The summed E-state index contributed by atoms with van der Waals surface area (Å²) in [6.45, 7) is 2.63. The molecule has 0 radical (unpaired) electrons. The Morgan fingerprint density at radius 2 is 1.83 bits per heavy atom. The third kappa shape index (κ3) is 3.80. The van der Waals surface area contributed by atoms with Gasteiger partial charge in [-0.2, -0.15) is 0 Å². The Labute approximate surface area is 168 Å². The summed E-state index contributed by atoms with van der Waals surface area (Å²) in [5.41, 5.74) is 4.84. The zero-order valence-corrected chi connectivity index (χ0v) is 16.2. The van der Waals surface area contributed by atoms with Crippen LogP contribution < -0.4 is 10.1 Å². The Kier molecular flexibility index (Phi) is 4.96. The number of nitrogens with one attached hydrogen (secondary N) is 1. The van der Waals surface area contributed by atoms with Crippen LogP contribution in [0.15, 0.2) is 70.7 Å². The number of aromatic carboxylic acids is 1. The molecular formula is C24H21NO4. The molecule has 0 aliphatic carbocycles. The summed E-state index contributed by atoms with van der Waals surface area (Å²) in [5.74, 6) is -0.172. The van der Waals surface area contributed by atoms with Gasteiger partial charge in [0.15, 0.2) is 0 Å². The maximum absolute atomic E-state index is 11.0. The maximum atomic E-state index is 11.0. The molecule has 5 heteroatoms. The highest BCUT2D eigenvalue weighted by molar-refractivity contribution is 6.06. The van der Waals surface area contributed by atoms with E-state index in [0.717, 1.165) is 44.5 Å². The Morgan fingerprint density at radius 1 is 1.07 bits per heavy atom. The molecule has 0 fully saturated rings. The van der Waals surface area contributed by atoms with Gasteiger partial charge in [0.05, 0.1) is 18.4 Å². The van der Waals surface area contributed by atoms with Crippen molar-refractivity contribution in [1.82, 2.24) is 0 Å². The fraction of sp³-hybridized carbons (Fsp3) is 0.125. The minimum absolute atomic E-state index is 0.279.